The molecule has 4 nitrogen and oxygen atoms in total. The number of carbonyl (C=O) groups excluding carboxylic acids is 1. The third-order valence-corrected chi connectivity index (χ3v) is 5.58. The molecule has 0 saturated carbocycles. The molecule has 1 unspecified atom stereocenters. The van der Waals surface area contributed by atoms with Crippen LogP contribution in [0.25, 0.3) is 5.57 Å². The summed E-state index contributed by atoms with van der Waals surface area (Å²) >= 11 is 0. The van der Waals surface area contributed by atoms with Crippen LogP contribution in [0.2, 0.25) is 0 Å². The van der Waals surface area contributed by atoms with Gasteiger partial charge < -0.3 is 9.47 Å². The van der Waals surface area contributed by atoms with Crippen molar-refractivity contribution in [1.29, 1.82) is 0 Å². The Kier molecular flexibility index (Phi) is 5.85. The van der Waals surface area contributed by atoms with Crippen molar-refractivity contribution in [2.75, 3.05) is 13.7 Å². The van der Waals surface area contributed by atoms with E-state index < -0.39 is 5.97 Å². The van der Waals surface area contributed by atoms with Crippen LogP contribution in [0.1, 0.15) is 40.7 Å². The molecule has 1 aliphatic carbocycles. The van der Waals surface area contributed by atoms with Crippen LogP contribution in [-0.4, -0.2) is 24.7 Å². The monoisotopic (exact) mass is 417 g/mol. The Labute approximate surface area is 181 Å². The van der Waals surface area contributed by atoms with E-state index in [0.717, 1.165) is 27.8 Å². The first-order chi connectivity index (χ1) is 15.0. The molecule has 0 radical (unpaired) electrons. The first-order valence-corrected chi connectivity index (χ1v) is 10.3. The fraction of sp³-hybridized carbons (Fsp3) is 0.231. The van der Waals surface area contributed by atoms with Gasteiger partial charge in [-0.05, 0) is 55.2 Å². The van der Waals surface area contributed by atoms with Gasteiger partial charge in [-0.2, -0.15) is 0 Å². The molecule has 0 amide bonds. The summed E-state index contributed by atoms with van der Waals surface area (Å²) in [6.45, 7) is 4.04. The van der Waals surface area contributed by atoms with Crippen LogP contribution >= 0.6 is 0 Å². The van der Waals surface area contributed by atoms with Crippen molar-refractivity contribution in [3.8, 4) is 5.88 Å². The van der Waals surface area contributed by atoms with Gasteiger partial charge in [0.1, 0.15) is 5.82 Å². The number of ether oxygens (including phenoxy) is 2. The van der Waals surface area contributed by atoms with Gasteiger partial charge in [-0.3, -0.25) is 0 Å². The van der Waals surface area contributed by atoms with Crippen molar-refractivity contribution >= 4 is 11.5 Å². The number of hydrogen-bond acceptors (Lipinski definition) is 4. The first kappa shape index (κ1) is 20.8. The predicted octanol–water partition coefficient (Wildman–Crippen LogP) is 5.24. The van der Waals surface area contributed by atoms with Crippen LogP contribution in [-0.2, 0) is 16.0 Å². The van der Waals surface area contributed by atoms with Gasteiger partial charge in [0.15, 0.2) is 0 Å². The van der Waals surface area contributed by atoms with E-state index in [2.05, 4.69) is 11.1 Å². The van der Waals surface area contributed by atoms with Crippen molar-refractivity contribution in [3.05, 3.63) is 100 Å². The van der Waals surface area contributed by atoms with E-state index in [9.17, 15) is 9.18 Å². The number of nitrogens with zero attached hydrogens (tertiary/aromatic N) is 1. The van der Waals surface area contributed by atoms with Crippen molar-refractivity contribution in [2.45, 2.75) is 26.2 Å². The van der Waals surface area contributed by atoms with E-state index in [0.29, 0.717) is 23.4 Å². The summed E-state index contributed by atoms with van der Waals surface area (Å²) in [4.78, 5) is 17.6. The maximum atomic E-state index is 14.5. The summed E-state index contributed by atoms with van der Waals surface area (Å²) < 4.78 is 25.5. The minimum absolute atomic E-state index is 0.252. The standard InChI is InChI=1S/C26H24FNO3/c1-4-31-26(29)24-21(15-17-8-5-6-10-22(17)27)18-12-11-16(2)14-20(18)23(24)19-9-7-13-28-25(19)30-3/h5-14,21H,4,15H2,1-3H3. The number of methoxy groups -OCH3 is 1. The van der Waals surface area contributed by atoms with Gasteiger partial charge in [-0.1, -0.05) is 42.0 Å². The molecule has 0 bridgehead atoms. The van der Waals surface area contributed by atoms with E-state index in [1.165, 1.54) is 6.07 Å². The normalized spacial score (nSPS) is 15.0. The summed E-state index contributed by atoms with van der Waals surface area (Å²) in [6.07, 6.45) is 2.00. The second-order valence-electron chi connectivity index (χ2n) is 7.51. The van der Waals surface area contributed by atoms with E-state index in [1.807, 2.05) is 37.3 Å². The van der Waals surface area contributed by atoms with Crippen LogP contribution in [0.3, 0.4) is 0 Å². The zero-order chi connectivity index (χ0) is 22.0. The van der Waals surface area contributed by atoms with Crippen LogP contribution in [0, 0.1) is 12.7 Å². The molecule has 3 aromatic rings. The highest BCUT2D eigenvalue weighted by Crippen LogP contribution is 2.48. The molecule has 2 aromatic carbocycles. The highest BCUT2D eigenvalue weighted by atomic mass is 19.1. The fourth-order valence-corrected chi connectivity index (χ4v) is 4.25. The number of esters is 1. The Morgan fingerprint density at radius 2 is 1.90 bits per heavy atom. The molecular weight excluding hydrogens is 393 g/mol. The van der Waals surface area contributed by atoms with E-state index >= 15 is 0 Å². The minimum atomic E-state index is -0.404. The van der Waals surface area contributed by atoms with E-state index in [4.69, 9.17) is 9.47 Å². The summed E-state index contributed by atoms with van der Waals surface area (Å²) in [6, 6.07) is 16.5. The third kappa shape index (κ3) is 3.83. The number of benzene rings is 2. The quantitative estimate of drug-likeness (QED) is 0.515. The molecule has 0 spiro atoms. The first-order valence-electron chi connectivity index (χ1n) is 10.3. The number of rotatable bonds is 6. The summed E-state index contributed by atoms with van der Waals surface area (Å²) in [5.41, 5.74) is 5.49. The number of fused-ring (bicyclic) bond motifs is 1. The molecule has 0 aliphatic heterocycles. The van der Waals surface area contributed by atoms with Gasteiger partial charge in [0.2, 0.25) is 5.88 Å². The molecule has 0 saturated heterocycles. The zero-order valence-electron chi connectivity index (χ0n) is 17.8. The summed E-state index contributed by atoms with van der Waals surface area (Å²) in [5.74, 6) is -0.602. The lowest BCUT2D eigenvalue weighted by atomic mass is 9.88. The molecule has 4 rings (SSSR count). The molecule has 1 aliphatic rings. The number of pyridine rings is 1. The van der Waals surface area contributed by atoms with Gasteiger partial charge >= 0.3 is 5.97 Å². The molecule has 1 aromatic heterocycles. The maximum Gasteiger partial charge on any atom is 0.335 e. The highest BCUT2D eigenvalue weighted by molar-refractivity contribution is 6.07. The zero-order valence-corrected chi connectivity index (χ0v) is 17.8. The average molecular weight is 417 g/mol. The van der Waals surface area contributed by atoms with Crippen molar-refractivity contribution in [2.24, 2.45) is 0 Å². The van der Waals surface area contributed by atoms with E-state index in [-0.39, 0.29) is 18.3 Å². The van der Waals surface area contributed by atoms with Gasteiger partial charge in [0, 0.05) is 23.3 Å². The van der Waals surface area contributed by atoms with Gasteiger partial charge in [0.05, 0.1) is 19.3 Å². The maximum absolute atomic E-state index is 14.5. The minimum Gasteiger partial charge on any atom is -0.481 e. The van der Waals surface area contributed by atoms with Crippen LogP contribution in [0.15, 0.2) is 66.4 Å². The Morgan fingerprint density at radius 3 is 2.65 bits per heavy atom. The molecule has 31 heavy (non-hydrogen) atoms. The average Bonchev–Trinajstić information content (AvgIpc) is 3.08. The number of carbonyl (C=O) groups is 1. The largest absolute Gasteiger partial charge is 0.481 e. The Bertz CT molecular complexity index is 1170. The fourth-order valence-electron chi connectivity index (χ4n) is 4.25. The van der Waals surface area contributed by atoms with Gasteiger partial charge in [-0.25, -0.2) is 14.2 Å². The second kappa shape index (κ2) is 8.72. The summed E-state index contributed by atoms with van der Waals surface area (Å²) in [5, 5.41) is 0. The lowest BCUT2D eigenvalue weighted by molar-refractivity contribution is -0.138. The Morgan fingerprint density at radius 1 is 1.10 bits per heavy atom. The third-order valence-electron chi connectivity index (χ3n) is 5.58. The summed E-state index contributed by atoms with van der Waals surface area (Å²) in [7, 11) is 1.55. The van der Waals surface area contributed by atoms with Gasteiger partial charge in [-0.15, -0.1) is 0 Å². The molecular formula is C26H24FNO3. The molecule has 1 atom stereocenters. The Balaban J connectivity index is 1.98. The smallest absolute Gasteiger partial charge is 0.335 e. The number of aromatic nitrogens is 1. The van der Waals surface area contributed by atoms with Crippen molar-refractivity contribution in [1.82, 2.24) is 4.98 Å². The molecule has 1 heterocycles. The Hall–Kier alpha value is -3.47. The number of aryl methyl sites for hydroxylation is 1. The predicted molar refractivity (Wildman–Crippen MR) is 117 cm³/mol. The second-order valence-corrected chi connectivity index (χ2v) is 7.51. The lowest BCUT2D eigenvalue weighted by Crippen LogP contribution is -2.15. The van der Waals surface area contributed by atoms with Crippen molar-refractivity contribution in [3.63, 3.8) is 0 Å². The topological polar surface area (TPSA) is 48.4 Å². The number of halogens is 1. The highest BCUT2D eigenvalue weighted by Gasteiger charge is 2.38. The molecule has 5 heteroatoms. The van der Waals surface area contributed by atoms with Gasteiger partial charge in [0.25, 0.3) is 0 Å². The number of hydrogen-bond donors (Lipinski definition) is 0. The van der Waals surface area contributed by atoms with E-state index in [1.54, 1.807) is 32.4 Å². The molecule has 0 N–H and O–H groups in total. The molecule has 158 valence electrons. The SMILES string of the molecule is CCOC(=O)C1=C(c2cccnc2OC)c2cc(C)ccc2C1Cc1ccccc1F. The van der Waals surface area contributed by atoms with Crippen LogP contribution in [0.5, 0.6) is 5.88 Å². The lowest BCUT2D eigenvalue weighted by Gasteiger charge is -2.17. The van der Waals surface area contributed by atoms with Crippen molar-refractivity contribution < 1.29 is 18.7 Å². The van der Waals surface area contributed by atoms with Crippen LogP contribution < -0.4 is 4.74 Å². The van der Waals surface area contributed by atoms with Crippen LogP contribution in [0.4, 0.5) is 4.39 Å². The molecule has 0 fully saturated rings.